The van der Waals surface area contributed by atoms with E-state index < -0.39 is 0 Å². The van der Waals surface area contributed by atoms with Crippen molar-refractivity contribution in [1.29, 1.82) is 0 Å². The number of amides is 1. The number of furan rings is 1. The molecule has 1 fully saturated rings. The third kappa shape index (κ3) is 3.64. The van der Waals surface area contributed by atoms with Gasteiger partial charge in [-0.2, -0.15) is 0 Å². The van der Waals surface area contributed by atoms with Gasteiger partial charge < -0.3 is 18.7 Å². The van der Waals surface area contributed by atoms with Crippen LogP contribution < -0.4 is 4.90 Å². The summed E-state index contributed by atoms with van der Waals surface area (Å²) in [5.74, 6) is 3.14. The van der Waals surface area contributed by atoms with Crippen molar-refractivity contribution in [2.75, 3.05) is 31.1 Å². The van der Waals surface area contributed by atoms with Crippen LogP contribution in [0.5, 0.6) is 0 Å². The second kappa shape index (κ2) is 7.95. The Labute approximate surface area is 184 Å². The standard InChI is InChI=1S/C22H23N7O3/c1-14-15(2)29(13-23-14)21-12-20(24-16(3)25-21)27-6-8-28(9-7-27)22(30)17-11-19(32-26-17)18-5-4-10-31-18/h4-5,10-13H,6-9H2,1-3H3. The largest absolute Gasteiger partial charge is 0.461 e. The number of aryl methyl sites for hydroxylation is 2. The van der Waals surface area contributed by atoms with E-state index >= 15 is 0 Å². The molecule has 4 aromatic heterocycles. The fourth-order valence-electron chi connectivity index (χ4n) is 3.76. The molecule has 0 bridgehead atoms. The number of aromatic nitrogens is 5. The molecule has 0 radical (unpaired) electrons. The first-order chi connectivity index (χ1) is 15.5. The van der Waals surface area contributed by atoms with Gasteiger partial charge in [0.1, 0.15) is 23.8 Å². The second-order valence-corrected chi connectivity index (χ2v) is 7.75. The van der Waals surface area contributed by atoms with E-state index in [-0.39, 0.29) is 11.6 Å². The maximum atomic E-state index is 12.9. The van der Waals surface area contributed by atoms with E-state index in [0.717, 1.165) is 23.0 Å². The molecule has 0 unspecified atom stereocenters. The number of carbonyl (C=O) groups excluding carboxylic acids is 1. The number of rotatable bonds is 4. The van der Waals surface area contributed by atoms with Gasteiger partial charge in [0.25, 0.3) is 5.91 Å². The van der Waals surface area contributed by atoms with Crippen LogP contribution in [-0.2, 0) is 0 Å². The van der Waals surface area contributed by atoms with Crippen molar-refractivity contribution in [3.63, 3.8) is 0 Å². The van der Waals surface area contributed by atoms with E-state index in [4.69, 9.17) is 8.94 Å². The lowest BCUT2D eigenvalue weighted by Gasteiger charge is -2.35. The Morgan fingerprint density at radius 3 is 2.47 bits per heavy atom. The fraction of sp³-hybridized carbons (Fsp3) is 0.318. The number of carbonyl (C=O) groups is 1. The third-order valence-corrected chi connectivity index (χ3v) is 5.69. The predicted octanol–water partition coefficient (Wildman–Crippen LogP) is 2.80. The van der Waals surface area contributed by atoms with Gasteiger partial charge in [0, 0.05) is 44.0 Å². The fourth-order valence-corrected chi connectivity index (χ4v) is 3.76. The summed E-state index contributed by atoms with van der Waals surface area (Å²) in [6.45, 7) is 8.31. The van der Waals surface area contributed by atoms with E-state index in [1.54, 1.807) is 35.7 Å². The molecule has 0 aromatic carbocycles. The van der Waals surface area contributed by atoms with E-state index in [1.807, 2.05) is 31.4 Å². The molecule has 0 aliphatic carbocycles. The normalized spacial score (nSPS) is 14.2. The first-order valence-corrected chi connectivity index (χ1v) is 10.4. The topological polar surface area (TPSA) is 106 Å². The molecule has 0 spiro atoms. The van der Waals surface area contributed by atoms with E-state index in [2.05, 4.69) is 25.0 Å². The Balaban J connectivity index is 1.29. The molecule has 10 heteroatoms. The number of anilines is 1. The van der Waals surface area contributed by atoms with Crippen molar-refractivity contribution < 1.29 is 13.7 Å². The SMILES string of the molecule is Cc1nc(N2CCN(C(=O)c3cc(-c4ccco4)on3)CC2)cc(-n2cnc(C)c2C)n1. The summed E-state index contributed by atoms with van der Waals surface area (Å²) in [5, 5.41) is 3.92. The van der Waals surface area contributed by atoms with Gasteiger partial charge in [-0.05, 0) is 32.9 Å². The van der Waals surface area contributed by atoms with E-state index in [1.165, 1.54) is 0 Å². The number of imidazole rings is 1. The molecule has 5 rings (SSSR count). The van der Waals surface area contributed by atoms with Gasteiger partial charge in [-0.25, -0.2) is 15.0 Å². The smallest absolute Gasteiger partial charge is 0.276 e. The molecule has 32 heavy (non-hydrogen) atoms. The maximum Gasteiger partial charge on any atom is 0.276 e. The molecular formula is C22H23N7O3. The first kappa shape index (κ1) is 20.0. The minimum absolute atomic E-state index is 0.157. The van der Waals surface area contributed by atoms with Gasteiger partial charge in [-0.1, -0.05) is 5.16 Å². The lowest BCUT2D eigenvalue weighted by atomic mass is 10.2. The predicted molar refractivity (Wildman–Crippen MR) is 116 cm³/mol. The molecule has 10 nitrogen and oxygen atoms in total. The van der Waals surface area contributed by atoms with Crippen LogP contribution in [0, 0.1) is 20.8 Å². The summed E-state index contributed by atoms with van der Waals surface area (Å²) >= 11 is 0. The van der Waals surface area contributed by atoms with E-state index in [9.17, 15) is 4.79 Å². The Bertz CT molecular complexity index is 1250. The van der Waals surface area contributed by atoms with Gasteiger partial charge in [-0.15, -0.1) is 0 Å². The van der Waals surface area contributed by atoms with Crippen LogP contribution in [0.25, 0.3) is 17.3 Å². The molecule has 0 saturated carbocycles. The van der Waals surface area contributed by atoms with Gasteiger partial charge in [0.05, 0.1) is 12.0 Å². The van der Waals surface area contributed by atoms with Crippen molar-refractivity contribution in [3.05, 3.63) is 59.8 Å². The number of hydrogen-bond acceptors (Lipinski definition) is 8. The Morgan fingerprint density at radius 2 is 1.78 bits per heavy atom. The van der Waals surface area contributed by atoms with Crippen LogP contribution in [0.15, 0.2) is 45.8 Å². The van der Waals surface area contributed by atoms with E-state index in [0.29, 0.717) is 43.5 Å². The van der Waals surface area contributed by atoms with Crippen molar-refractivity contribution in [2.24, 2.45) is 0 Å². The summed E-state index contributed by atoms with van der Waals surface area (Å²) in [6, 6.07) is 7.10. The molecule has 0 N–H and O–H groups in total. The van der Waals surface area contributed by atoms with Crippen LogP contribution in [0.2, 0.25) is 0 Å². The van der Waals surface area contributed by atoms with Crippen molar-refractivity contribution in [1.82, 2.24) is 29.6 Å². The summed E-state index contributed by atoms with van der Waals surface area (Å²) in [5.41, 5.74) is 2.29. The number of piperazine rings is 1. The number of hydrogen-bond donors (Lipinski definition) is 0. The zero-order chi connectivity index (χ0) is 22.2. The van der Waals surface area contributed by atoms with Gasteiger partial charge in [-0.3, -0.25) is 9.36 Å². The highest BCUT2D eigenvalue weighted by atomic mass is 16.5. The molecule has 1 aliphatic heterocycles. The minimum Gasteiger partial charge on any atom is -0.461 e. The quantitative estimate of drug-likeness (QED) is 0.484. The third-order valence-electron chi connectivity index (χ3n) is 5.69. The maximum absolute atomic E-state index is 12.9. The van der Waals surface area contributed by atoms with Gasteiger partial charge >= 0.3 is 0 Å². The molecule has 5 heterocycles. The Morgan fingerprint density at radius 1 is 1.00 bits per heavy atom. The minimum atomic E-state index is -0.157. The van der Waals surface area contributed by atoms with Crippen LogP contribution >= 0.6 is 0 Å². The molecule has 164 valence electrons. The van der Waals surface area contributed by atoms with Gasteiger partial charge in [0.2, 0.25) is 5.76 Å². The van der Waals surface area contributed by atoms with Crippen LogP contribution in [-0.4, -0.2) is 61.7 Å². The summed E-state index contributed by atoms with van der Waals surface area (Å²) in [7, 11) is 0. The zero-order valence-electron chi connectivity index (χ0n) is 18.1. The molecule has 1 amide bonds. The Kier molecular flexibility index (Phi) is 4.96. The monoisotopic (exact) mass is 433 g/mol. The highest BCUT2D eigenvalue weighted by Crippen LogP contribution is 2.23. The van der Waals surface area contributed by atoms with Crippen molar-refractivity contribution in [3.8, 4) is 17.3 Å². The average molecular weight is 433 g/mol. The molecular weight excluding hydrogens is 410 g/mol. The molecule has 1 aliphatic rings. The highest BCUT2D eigenvalue weighted by Gasteiger charge is 2.26. The summed E-state index contributed by atoms with van der Waals surface area (Å²) in [4.78, 5) is 30.4. The first-order valence-electron chi connectivity index (χ1n) is 10.4. The molecule has 0 atom stereocenters. The number of nitrogens with zero attached hydrogens (tertiary/aromatic N) is 7. The van der Waals surface area contributed by atoms with Crippen molar-refractivity contribution in [2.45, 2.75) is 20.8 Å². The molecule has 4 aromatic rings. The zero-order valence-corrected chi connectivity index (χ0v) is 18.1. The summed E-state index contributed by atoms with van der Waals surface area (Å²) < 4.78 is 12.5. The van der Waals surface area contributed by atoms with Gasteiger partial charge in [0.15, 0.2) is 11.5 Å². The average Bonchev–Trinajstić information content (AvgIpc) is 3.55. The molecule has 1 saturated heterocycles. The van der Waals surface area contributed by atoms with Crippen LogP contribution in [0.3, 0.4) is 0 Å². The van der Waals surface area contributed by atoms with Crippen LogP contribution in [0.4, 0.5) is 5.82 Å². The van der Waals surface area contributed by atoms with Crippen molar-refractivity contribution >= 4 is 11.7 Å². The summed E-state index contributed by atoms with van der Waals surface area (Å²) in [6.07, 6.45) is 3.33. The lowest BCUT2D eigenvalue weighted by molar-refractivity contribution is 0.0736. The Hall–Kier alpha value is -3.95. The van der Waals surface area contributed by atoms with Crippen LogP contribution in [0.1, 0.15) is 27.7 Å². The lowest BCUT2D eigenvalue weighted by Crippen LogP contribution is -2.49. The second-order valence-electron chi connectivity index (χ2n) is 7.75. The highest BCUT2D eigenvalue weighted by molar-refractivity contribution is 5.93.